The number of carboxylic acid groups (broad SMARTS) is 1. The van der Waals surface area contributed by atoms with Crippen LogP contribution in [-0.4, -0.2) is 46.1 Å². The number of hydrogen-bond donors (Lipinski definition) is 4. The Hall–Kier alpha value is -0.650. The summed E-state index contributed by atoms with van der Waals surface area (Å²) in [6.07, 6.45) is 3.60. The Kier molecular flexibility index (Phi) is 6.92. The smallest absolute Gasteiger partial charge is 0.306 e. The number of carboxylic acids is 1. The molecular formula is C15H29NO4. The van der Waals surface area contributed by atoms with Gasteiger partial charge >= 0.3 is 5.97 Å². The summed E-state index contributed by atoms with van der Waals surface area (Å²) in [5.74, 6) is -0.783. The van der Waals surface area contributed by atoms with Crippen LogP contribution in [0.1, 0.15) is 52.4 Å². The minimum Gasteiger partial charge on any atom is -0.481 e. The quantitative estimate of drug-likeness (QED) is 0.541. The van der Waals surface area contributed by atoms with E-state index in [-0.39, 0.29) is 12.0 Å². The molecule has 0 amide bonds. The van der Waals surface area contributed by atoms with Crippen molar-refractivity contribution in [2.75, 3.05) is 13.1 Å². The van der Waals surface area contributed by atoms with Crippen molar-refractivity contribution in [2.24, 2.45) is 11.8 Å². The van der Waals surface area contributed by atoms with E-state index in [1.165, 1.54) is 0 Å². The monoisotopic (exact) mass is 287 g/mol. The molecule has 5 heteroatoms. The fraction of sp³-hybridized carbons (Fsp3) is 0.933. The molecule has 1 saturated carbocycles. The Morgan fingerprint density at radius 1 is 1.30 bits per heavy atom. The van der Waals surface area contributed by atoms with Crippen LogP contribution in [0.25, 0.3) is 0 Å². The Labute approximate surface area is 121 Å². The van der Waals surface area contributed by atoms with E-state index in [0.717, 1.165) is 12.8 Å². The molecule has 1 unspecified atom stereocenters. The van der Waals surface area contributed by atoms with Gasteiger partial charge in [-0.15, -0.1) is 0 Å². The summed E-state index contributed by atoms with van der Waals surface area (Å²) in [5, 5.41) is 32.5. The van der Waals surface area contributed by atoms with Crippen molar-refractivity contribution < 1.29 is 20.1 Å². The minimum atomic E-state index is -0.820. The lowest BCUT2D eigenvalue weighted by Gasteiger charge is -2.35. The number of aliphatic hydroxyl groups excluding tert-OH is 1. The molecule has 0 aromatic rings. The third-order valence-electron chi connectivity index (χ3n) is 4.67. The standard InChI is InChI=1S/C15H29NO4/c1-3-11(4-2)13(17)9-16-10-15(20)7-5-12(6-8-15)14(18)19/h11-13,16-17,20H,3-10H2,1-2H3,(H,18,19). The zero-order valence-electron chi connectivity index (χ0n) is 12.6. The van der Waals surface area contributed by atoms with Crippen LogP contribution in [0.3, 0.4) is 0 Å². The Bertz CT molecular complexity index is 296. The summed E-state index contributed by atoms with van der Waals surface area (Å²) in [6, 6.07) is 0. The summed E-state index contributed by atoms with van der Waals surface area (Å²) in [6.45, 7) is 5.05. The van der Waals surface area contributed by atoms with Crippen LogP contribution < -0.4 is 5.32 Å². The highest BCUT2D eigenvalue weighted by atomic mass is 16.4. The fourth-order valence-electron chi connectivity index (χ4n) is 3.03. The number of rotatable bonds is 8. The molecule has 1 aliphatic rings. The predicted molar refractivity (Wildman–Crippen MR) is 77.5 cm³/mol. The van der Waals surface area contributed by atoms with E-state index < -0.39 is 11.6 Å². The Morgan fingerprint density at radius 2 is 1.85 bits per heavy atom. The number of nitrogens with one attached hydrogen (secondary N) is 1. The molecular weight excluding hydrogens is 258 g/mol. The first kappa shape index (κ1) is 17.4. The second kappa shape index (κ2) is 7.96. The maximum absolute atomic E-state index is 10.9. The molecule has 0 saturated heterocycles. The molecule has 0 heterocycles. The molecule has 1 aliphatic carbocycles. The lowest BCUT2D eigenvalue weighted by Crippen LogP contribution is -2.46. The third kappa shape index (κ3) is 5.04. The van der Waals surface area contributed by atoms with E-state index in [2.05, 4.69) is 19.2 Å². The van der Waals surface area contributed by atoms with Crippen LogP contribution in [0.5, 0.6) is 0 Å². The van der Waals surface area contributed by atoms with Gasteiger partial charge in [0.1, 0.15) is 0 Å². The van der Waals surface area contributed by atoms with Crippen molar-refractivity contribution in [3.8, 4) is 0 Å². The topological polar surface area (TPSA) is 89.8 Å². The Morgan fingerprint density at radius 3 is 2.30 bits per heavy atom. The third-order valence-corrected chi connectivity index (χ3v) is 4.67. The summed E-state index contributed by atoms with van der Waals surface area (Å²) in [4.78, 5) is 10.9. The second-order valence-electron chi connectivity index (χ2n) is 6.11. The van der Waals surface area contributed by atoms with Gasteiger partial charge in [0.2, 0.25) is 0 Å². The lowest BCUT2D eigenvalue weighted by molar-refractivity contribution is -0.144. The van der Waals surface area contributed by atoms with Gasteiger partial charge < -0.3 is 20.6 Å². The van der Waals surface area contributed by atoms with Gasteiger partial charge in [-0.05, 0) is 31.6 Å². The summed E-state index contributed by atoms with van der Waals surface area (Å²) in [5.41, 5.74) is -0.820. The van der Waals surface area contributed by atoms with Gasteiger partial charge in [0, 0.05) is 13.1 Å². The fourth-order valence-corrected chi connectivity index (χ4v) is 3.03. The molecule has 4 N–H and O–H groups in total. The van der Waals surface area contributed by atoms with Crippen LogP contribution in [0.4, 0.5) is 0 Å². The molecule has 1 atom stereocenters. The Balaban J connectivity index is 2.30. The highest BCUT2D eigenvalue weighted by Gasteiger charge is 2.35. The number of aliphatic carboxylic acids is 1. The van der Waals surface area contributed by atoms with Gasteiger partial charge in [-0.25, -0.2) is 0 Å². The van der Waals surface area contributed by atoms with Crippen molar-refractivity contribution in [1.29, 1.82) is 0 Å². The van der Waals surface area contributed by atoms with E-state index in [1.54, 1.807) is 0 Å². The average molecular weight is 287 g/mol. The van der Waals surface area contributed by atoms with Crippen LogP contribution in [0.15, 0.2) is 0 Å². The first-order chi connectivity index (χ1) is 9.41. The van der Waals surface area contributed by atoms with Crippen molar-refractivity contribution in [3.63, 3.8) is 0 Å². The maximum Gasteiger partial charge on any atom is 0.306 e. The molecule has 0 bridgehead atoms. The average Bonchev–Trinajstić information content (AvgIpc) is 2.40. The van der Waals surface area contributed by atoms with Gasteiger partial charge in [-0.3, -0.25) is 4.79 Å². The number of hydrogen-bond acceptors (Lipinski definition) is 4. The zero-order chi connectivity index (χ0) is 15.2. The van der Waals surface area contributed by atoms with Gasteiger partial charge in [-0.1, -0.05) is 26.7 Å². The summed E-state index contributed by atoms with van der Waals surface area (Å²) < 4.78 is 0. The molecule has 118 valence electrons. The molecule has 0 aliphatic heterocycles. The molecule has 0 spiro atoms. The highest BCUT2D eigenvalue weighted by molar-refractivity contribution is 5.70. The lowest BCUT2D eigenvalue weighted by atomic mass is 9.79. The molecule has 0 radical (unpaired) electrons. The summed E-state index contributed by atoms with van der Waals surface area (Å²) >= 11 is 0. The highest BCUT2D eigenvalue weighted by Crippen LogP contribution is 2.31. The summed E-state index contributed by atoms with van der Waals surface area (Å²) in [7, 11) is 0. The van der Waals surface area contributed by atoms with Crippen LogP contribution in [0.2, 0.25) is 0 Å². The first-order valence-electron chi connectivity index (χ1n) is 7.75. The van der Waals surface area contributed by atoms with E-state index in [4.69, 9.17) is 5.11 Å². The molecule has 5 nitrogen and oxygen atoms in total. The normalized spacial score (nSPS) is 28.6. The number of carbonyl (C=O) groups is 1. The van der Waals surface area contributed by atoms with E-state index in [1.807, 2.05) is 0 Å². The minimum absolute atomic E-state index is 0.292. The van der Waals surface area contributed by atoms with Crippen LogP contribution in [0, 0.1) is 11.8 Å². The van der Waals surface area contributed by atoms with Gasteiger partial charge in [0.05, 0.1) is 17.6 Å². The van der Waals surface area contributed by atoms with Crippen molar-refractivity contribution in [1.82, 2.24) is 5.32 Å². The van der Waals surface area contributed by atoms with Gasteiger partial charge in [-0.2, -0.15) is 0 Å². The molecule has 0 aromatic heterocycles. The van der Waals surface area contributed by atoms with E-state index >= 15 is 0 Å². The maximum atomic E-state index is 10.9. The van der Waals surface area contributed by atoms with Crippen LogP contribution >= 0.6 is 0 Å². The van der Waals surface area contributed by atoms with Crippen molar-refractivity contribution >= 4 is 5.97 Å². The van der Waals surface area contributed by atoms with Gasteiger partial charge in [0.15, 0.2) is 0 Å². The molecule has 1 rings (SSSR count). The second-order valence-corrected chi connectivity index (χ2v) is 6.11. The zero-order valence-corrected chi connectivity index (χ0v) is 12.6. The largest absolute Gasteiger partial charge is 0.481 e. The number of aliphatic hydroxyl groups is 2. The van der Waals surface area contributed by atoms with E-state index in [0.29, 0.717) is 44.7 Å². The van der Waals surface area contributed by atoms with Crippen molar-refractivity contribution in [2.45, 2.75) is 64.1 Å². The molecule has 1 fully saturated rings. The van der Waals surface area contributed by atoms with Gasteiger partial charge in [0.25, 0.3) is 0 Å². The SMILES string of the molecule is CCC(CC)C(O)CNCC1(O)CCC(C(=O)O)CC1. The predicted octanol–water partition coefficient (Wildman–Crippen LogP) is 1.38. The van der Waals surface area contributed by atoms with Crippen LogP contribution in [-0.2, 0) is 4.79 Å². The first-order valence-corrected chi connectivity index (χ1v) is 7.75. The molecule has 20 heavy (non-hydrogen) atoms. The van der Waals surface area contributed by atoms with E-state index in [9.17, 15) is 15.0 Å². The van der Waals surface area contributed by atoms with Crippen molar-refractivity contribution in [3.05, 3.63) is 0 Å². The molecule has 0 aromatic carbocycles.